The van der Waals surface area contributed by atoms with Gasteiger partial charge in [-0.3, -0.25) is 0 Å². The average Bonchev–Trinajstić information content (AvgIpc) is 2.97. The molecule has 0 spiro atoms. The molecule has 1 aromatic heterocycles. The molecule has 112 valence electrons. The van der Waals surface area contributed by atoms with E-state index >= 15 is 0 Å². The van der Waals surface area contributed by atoms with Gasteiger partial charge in [0.15, 0.2) is 5.82 Å². The fourth-order valence-electron chi connectivity index (χ4n) is 2.84. The molecule has 0 saturated carbocycles. The van der Waals surface area contributed by atoms with Crippen molar-refractivity contribution in [1.29, 1.82) is 0 Å². The molecule has 1 N–H and O–H groups in total. The number of nitrogens with zero attached hydrogens (tertiary/aromatic N) is 2. The first-order valence-electron chi connectivity index (χ1n) is 7.45. The smallest absolute Gasteiger partial charge is 0.202 e. The zero-order chi connectivity index (χ0) is 14.7. The molecule has 0 atom stereocenters. The van der Waals surface area contributed by atoms with Crippen molar-refractivity contribution in [2.45, 2.75) is 38.1 Å². The van der Waals surface area contributed by atoms with Gasteiger partial charge in [-0.15, -0.1) is 0 Å². The summed E-state index contributed by atoms with van der Waals surface area (Å²) in [7, 11) is 0. The molecule has 0 aliphatic carbocycles. The standard InChI is InChI=1S/C16H21N3OS/c1-12(2)17-15-18-14(19-21-15)16(8-10-20-11-9-16)13-6-4-3-5-7-13/h3-7,12H,8-11H2,1-2H3,(H,17,18,19). The van der Waals surface area contributed by atoms with Gasteiger partial charge in [-0.2, -0.15) is 4.37 Å². The summed E-state index contributed by atoms with van der Waals surface area (Å²) in [6, 6.07) is 11.0. The van der Waals surface area contributed by atoms with Gasteiger partial charge >= 0.3 is 0 Å². The third-order valence-corrected chi connectivity index (χ3v) is 4.59. The predicted octanol–water partition coefficient (Wildman–Crippen LogP) is 3.45. The summed E-state index contributed by atoms with van der Waals surface area (Å²) in [6.07, 6.45) is 1.88. The minimum absolute atomic E-state index is 0.104. The number of benzene rings is 1. The molecule has 0 amide bonds. The second-order valence-electron chi connectivity index (χ2n) is 5.78. The van der Waals surface area contributed by atoms with E-state index < -0.39 is 0 Å². The Kier molecular flexibility index (Phi) is 4.22. The van der Waals surface area contributed by atoms with Crippen LogP contribution in [0.1, 0.15) is 38.1 Å². The van der Waals surface area contributed by atoms with Crippen molar-refractivity contribution in [3.05, 3.63) is 41.7 Å². The first-order valence-corrected chi connectivity index (χ1v) is 8.22. The molecule has 2 heterocycles. The Morgan fingerprint density at radius 3 is 2.57 bits per heavy atom. The number of anilines is 1. The molecule has 1 aliphatic heterocycles. The van der Waals surface area contributed by atoms with Gasteiger partial charge in [0, 0.05) is 30.8 Å². The summed E-state index contributed by atoms with van der Waals surface area (Å²) in [5.74, 6) is 0.935. The lowest BCUT2D eigenvalue weighted by Gasteiger charge is -2.35. The van der Waals surface area contributed by atoms with Gasteiger partial charge in [-0.05, 0) is 32.3 Å². The average molecular weight is 303 g/mol. The molecule has 21 heavy (non-hydrogen) atoms. The van der Waals surface area contributed by atoms with Crippen LogP contribution in [0.5, 0.6) is 0 Å². The third-order valence-electron chi connectivity index (χ3n) is 3.94. The zero-order valence-electron chi connectivity index (χ0n) is 12.5. The van der Waals surface area contributed by atoms with Gasteiger partial charge in [0.25, 0.3) is 0 Å². The van der Waals surface area contributed by atoms with Gasteiger partial charge in [-0.1, -0.05) is 30.3 Å². The van der Waals surface area contributed by atoms with Crippen LogP contribution in [0.15, 0.2) is 30.3 Å². The first kappa shape index (κ1) is 14.5. The molecule has 0 bridgehead atoms. The van der Waals surface area contributed by atoms with Gasteiger partial charge in [0.2, 0.25) is 5.13 Å². The number of hydrogen-bond acceptors (Lipinski definition) is 5. The Labute approximate surface area is 129 Å². The fraction of sp³-hybridized carbons (Fsp3) is 0.500. The first-order chi connectivity index (χ1) is 10.2. The number of hydrogen-bond donors (Lipinski definition) is 1. The summed E-state index contributed by atoms with van der Waals surface area (Å²) >= 11 is 1.45. The number of rotatable bonds is 4. The molecule has 3 rings (SSSR count). The molecule has 0 radical (unpaired) electrons. The maximum Gasteiger partial charge on any atom is 0.202 e. The van der Waals surface area contributed by atoms with Crippen LogP contribution in [0.3, 0.4) is 0 Å². The lowest BCUT2D eigenvalue weighted by Crippen LogP contribution is -2.36. The zero-order valence-corrected chi connectivity index (χ0v) is 13.3. The summed E-state index contributed by atoms with van der Waals surface area (Å²) < 4.78 is 10.2. The van der Waals surface area contributed by atoms with Gasteiger partial charge in [0.05, 0.1) is 5.41 Å². The minimum Gasteiger partial charge on any atom is -0.381 e. The highest BCUT2D eigenvalue weighted by molar-refractivity contribution is 7.09. The van der Waals surface area contributed by atoms with Crippen molar-refractivity contribution in [2.75, 3.05) is 18.5 Å². The monoisotopic (exact) mass is 303 g/mol. The maximum absolute atomic E-state index is 5.57. The van der Waals surface area contributed by atoms with Crippen LogP contribution in [0, 0.1) is 0 Å². The van der Waals surface area contributed by atoms with Crippen LogP contribution in [0.25, 0.3) is 0 Å². The van der Waals surface area contributed by atoms with Crippen molar-refractivity contribution in [3.8, 4) is 0 Å². The van der Waals surface area contributed by atoms with Crippen LogP contribution in [-0.2, 0) is 10.2 Å². The van der Waals surface area contributed by atoms with Crippen molar-refractivity contribution in [3.63, 3.8) is 0 Å². The number of nitrogens with one attached hydrogen (secondary N) is 1. The largest absolute Gasteiger partial charge is 0.381 e. The van der Waals surface area contributed by atoms with E-state index in [1.165, 1.54) is 17.1 Å². The van der Waals surface area contributed by atoms with Crippen LogP contribution >= 0.6 is 11.5 Å². The van der Waals surface area contributed by atoms with Crippen LogP contribution in [-0.4, -0.2) is 28.6 Å². The molecule has 2 aromatic rings. The van der Waals surface area contributed by atoms with E-state index in [1.807, 2.05) is 0 Å². The minimum atomic E-state index is -0.104. The van der Waals surface area contributed by atoms with Gasteiger partial charge in [0.1, 0.15) is 0 Å². The second-order valence-corrected chi connectivity index (χ2v) is 6.53. The highest BCUT2D eigenvalue weighted by Gasteiger charge is 2.39. The SMILES string of the molecule is CC(C)Nc1nc(C2(c3ccccc3)CCOCC2)ns1. The molecule has 5 heteroatoms. The molecule has 1 aromatic carbocycles. The topological polar surface area (TPSA) is 47.0 Å². The van der Waals surface area contributed by atoms with E-state index in [0.717, 1.165) is 37.0 Å². The highest BCUT2D eigenvalue weighted by atomic mass is 32.1. The number of aromatic nitrogens is 2. The Bertz CT molecular complexity index is 576. The van der Waals surface area contributed by atoms with E-state index in [0.29, 0.717) is 6.04 Å². The lowest BCUT2D eigenvalue weighted by atomic mass is 9.73. The van der Waals surface area contributed by atoms with E-state index in [4.69, 9.17) is 9.72 Å². The quantitative estimate of drug-likeness (QED) is 0.939. The van der Waals surface area contributed by atoms with Crippen molar-refractivity contribution in [1.82, 2.24) is 9.36 Å². The third kappa shape index (κ3) is 2.94. The molecule has 1 fully saturated rings. The van der Waals surface area contributed by atoms with E-state index in [1.54, 1.807) is 0 Å². The summed E-state index contributed by atoms with van der Waals surface area (Å²) in [5, 5.41) is 4.25. The Balaban J connectivity index is 1.98. The summed E-state index contributed by atoms with van der Waals surface area (Å²) in [4.78, 5) is 4.76. The van der Waals surface area contributed by atoms with E-state index in [-0.39, 0.29) is 5.41 Å². The van der Waals surface area contributed by atoms with Crippen molar-refractivity contribution in [2.24, 2.45) is 0 Å². The van der Waals surface area contributed by atoms with Crippen molar-refractivity contribution >= 4 is 16.7 Å². The normalized spacial score (nSPS) is 17.9. The molecular weight excluding hydrogens is 282 g/mol. The Morgan fingerprint density at radius 2 is 1.90 bits per heavy atom. The van der Waals surface area contributed by atoms with Crippen LogP contribution in [0.4, 0.5) is 5.13 Å². The molecular formula is C16H21N3OS. The van der Waals surface area contributed by atoms with Gasteiger partial charge < -0.3 is 10.1 Å². The molecule has 1 aliphatic rings. The second kappa shape index (κ2) is 6.12. The molecule has 4 nitrogen and oxygen atoms in total. The lowest BCUT2D eigenvalue weighted by molar-refractivity contribution is 0.0608. The molecule has 1 saturated heterocycles. The van der Waals surface area contributed by atoms with E-state index in [9.17, 15) is 0 Å². The maximum atomic E-state index is 5.57. The molecule has 0 unspecified atom stereocenters. The Morgan fingerprint density at radius 1 is 1.19 bits per heavy atom. The number of ether oxygens (including phenoxy) is 1. The fourth-order valence-corrected chi connectivity index (χ4v) is 3.65. The summed E-state index contributed by atoms with van der Waals surface area (Å²) in [5.41, 5.74) is 1.19. The Hall–Kier alpha value is -1.46. The van der Waals surface area contributed by atoms with Crippen LogP contribution < -0.4 is 5.32 Å². The van der Waals surface area contributed by atoms with Crippen molar-refractivity contribution < 1.29 is 4.74 Å². The highest BCUT2D eigenvalue weighted by Crippen LogP contribution is 2.40. The predicted molar refractivity (Wildman–Crippen MR) is 85.9 cm³/mol. The summed E-state index contributed by atoms with van der Waals surface area (Å²) in [6.45, 7) is 5.76. The van der Waals surface area contributed by atoms with E-state index in [2.05, 4.69) is 53.9 Å². The van der Waals surface area contributed by atoms with Gasteiger partial charge in [-0.25, -0.2) is 4.98 Å². The van der Waals surface area contributed by atoms with Crippen LogP contribution in [0.2, 0.25) is 0 Å².